The van der Waals surface area contributed by atoms with Gasteiger partial charge >= 0.3 is 0 Å². The van der Waals surface area contributed by atoms with Crippen LogP contribution in [0.5, 0.6) is 0 Å². The SMILES string of the molecule is C#CCCc1ccc2nc(C)c(-c3ccc(C)cc3)nc2c1. The molecule has 1 aromatic heterocycles. The Morgan fingerprint density at radius 2 is 1.73 bits per heavy atom. The standard InChI is InChI=1S/C20H18N2/c1-4-5-6-16-9-12-18-19(13-16)22-20(15(3)21-18)17-10-7-14(2)8-11-17/h1,7-13H,5-6H2,2-3H3. The second-order valence-electron chi connectivity index (χ2n) is 5.55. The van der Waals surface area contributed by atoms with E-state index in [1.807, 2.05) is 13.0 Å². The molecule has 0 unspecified atom stereocenters. The van der Waals surface area contributed by atoms with E-state index in [-0.39, 0.29) is 0 Å². The molecule has 0 aliphatic carbocycles. The van der Waals surface area contributed by atoms with Gasteiger partial charge in [0.1, 0.15) is 0 Å². The summed E-state index contributed by atoms with van der Waals surface area (Å²) in [6, 6.07) is 14.6. The van der Waals surface area contributed by atoms with E-state index in [1.54, 1.807) is 0 Å². The van der Waals surface area contributed by atoms with Crippen LogP contribution in [0.3, 0.4) is 0 Å². The zero-order valence-corrected chi connectivity index (χ0v) is 12.9. The van der Waals surface area contributed by atoms with Gasteiger partial charge < -0.3 is 0 Å². The van der Waals surface area contributed by atoms with E-state index in [0.29, 0.717) is 0 Å². The maximum atomic E-state index is 5.34. The molecular formula is C20H18N2. The number of aryl methyl sites for hydroxylation is 3. The highest BCUT2D eigenvalue weighted by Crippen LogP contribution is 2.24. The first-order valence-electron chi connectivity index (χ1n) is 7.45. The zero-order valence-electron chi connectivity index (χ0n) is 12.9. The minimum absolute atomic E-state index is 0.746. The largest absolute Gasteiger partial charge is 0.249 e. The Morgan fingerprint density at radius 3 is 2.45 bits per heavy atom. The van der Waals surface area contributed by atoms with Crippen LogP contribution in [0.15, 0.2) is 42.5 Å². The Hall–Kier alpha value is -2.66. The van der Waals surface area contributed by atoms with Gasteiger partial charge in [0.25, 0.3) is 0 Å². The van der Waals surface area contributed by atoms with Gasteiger partial charge in [0.05, 0.1) is 22.4 Å². The Morgan fingerprint density at radius 1 is 0.955 bits per heavy atom. The van der Waals surface area contributed by atoms with E-state index in [9.17, 15) is 0 Å². The summed E-state index contributed by atoms with van der Waals surface area (Å²) in [5.41, 5.74) is 7.31. The molecule has 3 rings (SSSR count). The van der Waals surface area contributed by atoms with Gasteiger partial charge in [-0.25, -0.2) is 9.97 Å². The molecule has 2 nitrogen and oxygen atoms in total. The number of benzene rings is 2. The van der Waals surface area contributed by atoms with Crippen molar-refractivity contribution in [2.75, 3.05) is 0 Å². The van der Waals surface area contributed by atoms with Crippen molar-refractivity contribution in [3.8, 4) is 23.6 Å². The molecule has 1 heterocycles. The lowest BCUT2D eigenvalue weighted by Crippen LogP contribution is -1.95. The number of terminal acetylenes is 1. The Labute approximate surface area is 131 Å². The Kier molecular flexibility index (Phi) is 3.89. The van der Waals surface area contributed by atoms with Gasteiger partial charge in [-0.1, -0.05) is 35.9 Å². The number of hydrogen-bond donors (Lipinski definition) is 0. The topological polar surface area (TPSA) is 25.8 Å². The quantitative estimate of drug-likeness (QED) is 0.663. The van der Waals surface area contributed by atoms with Gasteiger partial charge in [-0.15, -0.1) is 12.3 Å². The fourth-order valence-electron chi connectivity index (χ4n) is 2.54. The minimum Gasteiger partial charge on any atom is -0.249 e. The molecule has 108 valence electrons. The number of nitrogens with zero attached hydrogens (tertiary/aromatic N) is 2. The molecule has 2 heteroatoms. The van der Waals surface area contributed by atoms with Crippen LogP contribution in [-0.4, -0.2) is 9.97 Å². The second kappa shape index (κ2) is 5.99. The molecule has 0 aliphatic heterocycles. The van der Waals surface area contributed by atoms with E-state index in [1.165, 1.54) is 11.1 Å². The average molecular weight is 286 g/mol. The minimum atomic E-state index is 0.746. The predicted octanol–water partition coefficient (Wildman–Crippen LogP) is 4.48. The number of fused-ring (bicyclic) bond motifs is 1. The lowest BCUT2D eigenvalue weighted by molar-refractivity contribution is 1.03. The molecule has 3 aromatic rings. The first-order chi connectivity index (χ1) is 10.7. The van der Waals surface area contributed by atoms with Gasteiger partial charge in [0.15, 0.2) is 0 Å². The first kappa shape index (κ1) is 14.3. The third kappa shape index (κ3) is 2.84. The predicted molar refractivity (Wildman–Crippen MR) is 91.6 cm³/mol. The summed E-state index contributed by atoms with van der Waals surface area (Å²) in [6.07, 6.45) is 6.97. The van der Waals surface area contributed by atoms with Gasteiger partial charge in [0.2, 0.25) is 0 Å². The van der Waals surface area contributed by atoms with E-state index in [0.717, 1.165) is 40.8 Å². The van der Waals surface area contributed by atoms with E-state index in [4.69, 9.17) is 16.4 Å². The van der Waals surface area contributed by atoms with Crippen LogP contribution in [-0.2, 0) is 6.42 Å². The van der Waals surface area contributed by atoms with E-state index < -0.39 is 0 Å². The zero-order chi connectivity index (χ0) is 15.5. The molecule has 22 heavy (non-hydrogen) atoms. The summed E-state index contributed by atoms with van der Waals surface area (Å²) in [4.78, 5) is 9.52. The smallest absolute Gasteiger partial charge is 0.0922 e. The van der Waals surface area contributed by atoms with Crippen LogP contribution in [0.25, 0.3) is 22.3 Å². The van der Waals surface area contributed by atoms with Gasteiger partial charge in [-0.3, -0.25) is 0 Å². The third-order valence-electron chi connectivity index (χ3n) is 3.79. The highest BCUT2D eigenvalue weighted by Gasteiger charge is 2.08. The lowest BCUT2D eigenvalue weighted by Gasteiger charge is -2.08. The van der Waals surface area contributed by atoms with Crippen molar-refractivity contribution >= 4 is 11.0 Å². The fourth-order valence-corrected chi connectivity index (χ4v) is 2.54. The molecule has 0 radical (unpaired) electrons. The van der Waals surface area contributed by atoms with Crippen LogP contribution < -0.4 is 0 Å². The van der Waals surface area contributed by atoms with Crippen molar-refractivity contribution in [1.29, 1.82) is 0 Å². The number of hydrogen-bond acceptors (Lipinski definition) is 2. The molecule has 2 aromatic carbocycles. The highest BCUT2D eigenvalue weighted by molar-refractivity contribution is 5.79. The molecule has 0 atom stereocenters. The van der Waals surface area contributed by atoms with Crippen LogP contribution in [0, 0.1) is 26.2 Å². The molecule has 0 bridgehead atoms. The average Bonchev–Trinajstić information content (AvgIpc) is 2.53. The Bertz CT molecular complexity index is 855. The van der Waals surface area contributed by atoms with E-state index >= 15 is 0 Å². The number of rotatable bonds is 3. The van der Waals surface area contributed by atoms with Crippen LogP contribution >= 0.6 is 0 Å². The van der Waals surface area contributed by atoms with Crippen molar-refractivity contribution in [1.82, 2.24) is 9.97 Å². The summed E-state index contributed by atoms with van der Waals surface area (Å²) in [6.45, 7) is 4.09. The van der Waals surface area contributed by atoms with Crippen molar-refractivity contribution in [2.24, 2.45) is 0 Å². The van der Waals surface area contributed by atoms with Gasteiger partial charge in [-0.05, 0) is 38.0 Å². The molecule has 0 N–H and O–H groups in total. The molecular weight excluding hydrogens is 268 g/mol. The summed E-state index contributed by atoms with van der Waals surface area (Å²) in [5, 5.41) is 0. The summed E-state index contributed by atoms with van der Waals surface area (Å²) in [5.74, 6) is 2.68. The number of aromatic nitrogens is 2. The molecule has 0 saturated heterocycles. The fraction of sp³-hybridized carbons (Fsp3) is 0.200. The lowest BCUT2D eigenvalue weighted by atomic mass is 10.1. The van der Waals surface area contributed by atoms with Crippen molar-refractivity contribution in [3.05, 3.63) is 59.3 Å². The third-order valence-corrected chi connectivity index (χ3v) is 3.79. The van der Waals surface area contributed by atoms with Crippen molar-refractivity contribution < 1.29 is 0 Å². The summed E-state index contributed by atoms with van der Waals surface area (Å²) >= 11 is 0. The van der Waals surface area contributed by atoms with Crippen molar-refractivity contribution in [2.45, 2.75) is 26.7 Å². The van der Waals surface area contributed by atoms with Gasteiger partial charge in [0, 0.05) is 12.0 Å². The maximum absolute atomic E-state index is 5.34. The maximum Gasteiger partial charge on any atom is 0.0922 e. The second-order valence-corrected chi connectivity index (χ2v) is 5.55. The van der Waals surface area contributed by atoms with E-state index in [2.05, 4.69) is 49.2 Å². The first-order valence-corrected chi connectivity index (χ1v) is 7.45. The van der Waals surface area contributed by atoms with Crippen LogP contribution in [0.2, 0.25) is 0 Å². The molecule has 0 spiro atoms. The van der Waals surface area contributed by atoms with Crippen molar-refractivity contribution in [3.63, 3.8) is 0 Å². The highest BCUT2D eigenvalue weighted by atomic mass is 14.8. The van der Waals surface area contributed by atoms with Gasteiger partial charge in [-0.2, -0.15) is 0 Å². The van der Waals surface area contributed by atoms with Crippen LogP contribution in [0.1, 0.15) is 23.2 Å². The normalized spacial score (nSPS) is 10.6. The summed E-state index contributed by atoms with van der Waals surface area (Å²) in [7, 11) is 0. The van der Waals surface area contributed by atoms with Crippen LogP contribution in [0.4, 0.5) is 0 Å². The monoisotopic (exact) mass is 286 g/mol. The summed E-state index contributed by atoms with van der Waals surface area (Å²) < 4.78 is 0. The Balaban J connectivity index is 2.09. The molecule has 0 aliphatic rings. The molecule has 0 saturated carbocycles. The molecule has 0 fully saturated rings. The molecule has 0 amide bonds.